The molecule has 0 unspecified atom stereocenters. The molecule has 0 heterocycles. The van der Waals surface area contributed by atoms with E-state index in [0.29, 0.717) is 0 Å². The standard InChI is InChI=1S/CH3NOP/c2-4-1-3/h3H,1H2/q+1. The van der Waals surface area contributed by atoms with Gasteiger partial charge in [-0.3, -0.25) is 0 Å². The van der Waals surface area contributed by atoms with Crippen LogP contribution >= 0.6 is 8.22 Å². The van der Waals surface area contributed by atoms with E-state index in [1.54, 1.807) is 0 Å². The first kappa shape index (κ1) is 4.10. The molecule has 0 fully saturated rings. The van der Waals surface area contributed by atoms with E-state index in [0.717, 1.165) is 0 Å². The van der Waals surface area contributed by atoms with Crippen LogP contribution in [0.5, 0.6) is 0 Å². The predicted octanol–water partition coefficient (Wildman–Crippen LogP) is 0.362. The minimum absolute atomic E-state index is 0.0540. The summed E-state index contributed by atoms with van der Waals surface area (Å²) in [5.41, 5.74) is 0. The van der Waals surface area contributed by atoms with E-state index < -0.39 is 0 Å². The van der Waals surface area contributed by atoms with E-state index in [4.69, 9.17) is 10.1 Å². The summed E-state index contributed by atoms with van der Waals surface area (Å²) in [4.78, 5) is 0. The van der Waals surface area contributed by atoms with Gasteiger partial charge in [-0.1, -0.05) is 0 Å². The van der Waals surface area contributed by atoms with Gasteiger partial charge in [0.15, 0.2) is 0 Å². The second kappa shape index (κ2) is 3.10. The van der Waals surface area contributed by atoms with E-state index in [1.807, 2.05) is 0 Å². The Balaban J connectivity index is 2.43. The van der Waals surface area contributed by atoms with Crippen molar-refractivity contribution < 1.29 is 5.11 Å². The van der Waals surface area contributed by atoms with Crippen molar-refractivity contribution in [2.75, 3.05) is 6.35 Å². The number of hydrogen-bond donors (Lipinski definition) is 1. The zero-order valence-electron chi connectivity index (χ0n) is 2.05. The van der Waals surface area contributed by atoms with Gasteiger partial charge in [-0.05, 0) is 0 Å². The predicted molar refractivity (Wildman–Crippen MR) is 15.7 cm³/mol. The van der Waals surface area contributed by atoms with Gasteiger partial charge in [-0.25, -0.2) is 0 Å². The Kier molecular flexibility index (Phi) is 3.18. The SMILES string of the molecule is N#[P+]CO. The average Bonchev–Trinajstić information content (AvgIpc) is 1.37. The molecule has 0 aromatic heterocycles. The Morgan fingerprint density at radius 3 is 2.25 bits per heavy atom. The number of nitrogens with zero attached hydrogens (tertiary/aromatic N) is 1. The second-order valence-electron chi connectivity index (χ2n) is 0.283. The maximum absolute atomic E-state index is 7.61. The maximum atomic E-state index is 7.61. The van der Waals surface area contributed by atoms with Crippen molar-refractivity contribution >= 4 is 8.22 Å². The van der Waals surface area contributed by atoms with Crippen molar-refractivity contribution in [3.05, 3.63) is 0 Å². The Morgan fingerprint density at radius 2 is 2.25 bits per heavy atom. The van der Waals surface area contributed by atoms with E-state index in [1.165, 1.54) is 0 Å². The Hall–Kier alpha value is 0.100. The zero-order chi connectivity index (χ0) is 3.41. The fourth-order valence-corrected chi connectivity index (χ4v) is 0. The van der Waals surface area contributed by atoms with Crippen molar-refractivity contribution in [1.82, 2.24) is 0 Å². The molecule has 3 heteroatoms. The molecule has 0 aliphatic carbocycles. The van der Waals surface area contributed by atoms with Crippen LogP contribution in [0.25, 0.3) is 0 Å². The Labute approximate surface area is 25.8 Å². The number of rotatable bonds is 0. The van der Waals surface area contributed by atoms with Gasteiger partial charge >= 0.3 is 24.7 Å². The van der Waals surface area contributed by atoms with Crippen molar-refractivity contribution in [1.29, 1.82) is 5.00 Å². The normalized spacial score (nSPS) is 6.00. The zero-order valence-corrected chi connectivity index (χ0v) is 2.94. The van der Waals surface area contributed by atoms with Crippen LogP contribution in [0.15, 0.2) is 0 Å². The van der Waals surface area contributed by atoms with Crippen LogP contribution in [-0.2, 0) is 0 Å². The molecular weight excluding hydrogens is 73.0 g/mol. The van der Waals surface area contributed by atoms with Crippen LogP contribution in [0.3, 0.4) is 0 Å². The van der Waals surface area contributed by atoms with Crippen LogP contribution in [0.2, 0.25) is 0 Å². The molecule has 0 saturated carbocycles. The average molecular weight is 76.0 g/mol. The first-order valence-corrected chi connectivity index (χ1v) is 1.86. The molecule has 22 valence electrons. The molecular formula is CH3NOP+. The van der Waals surface area contributed by atoms with Gasteiger partial charge in [-0.2, -0.15) is 0 Å². The fourth-order valence-electron chi connectivity index (χ4n) is 0. The van der Waals surface area contributed by atoms with Gasteiger partial charge < -0.3 is 0 Å². The first-order valence-electron chi connectivity index (χ1n) is 0.832. The minimum atomic E-state index is -0.153. The van der Waals surface area contributed by atoms with Crippen molar-refractivity contribution in [3.8, 4) is 0 Å². The third-order valence-corrected chi connectivity index (χ3v) is 0.190. The van der Waals surface area contributed by atoms with E-state index >= 15 is 0 Å². The Morgan fingerprint density at radius 1 is 2.00 bits per heavy atom. The molecule has 1 N–H and O–H groups in total. The topological polar surface area (TPSA) is 44.0 Å². The summed E-state index contributed by atoms with van der Waals surface area (Å²) in [6.45, 7) is 0. The van der Waals surface area contributed by atoms with Crippen molar-refractivity contribution in [3.63, 3.8) is 0 Å². The molecule has 0 aliphatic rings. The summed E-state index contributed by atoms with van der Waals surface area (Å²) in [6.07, 6.45) is -0.153. The Bertz CT molecular complexity index is 37.8. The second-order valence-corrected chi connectivity index (χ2v) is 0.849. The van der Waals surface area contributed by atoms with E-state index in [2.05, 4.69) is 0 Å². The third kappa shape index (κ3) is 2.10. The van der Waals surface area contributed by atoms with Gasteiger partial charge in [0.1, 0.15) is 0 Å². The molecule has 4 heavy (non-hydrogen) atoms. The monoisotopic (exact) mass is 76.0 g/mol. The number of aliphatic hydroxyl groups is 1. The van der Waals surface area contributed by atoms with Gasteiger partial charge in [0.25, 0.3) is 0 Å². The number of aliphatic hydroxyl groups excluding tert-OH is 1. The molecule has 0 aliphatic heterocycles. The van der Waals surface area contributed by atoms with Crippen LogP contribution in [0.4, 0.5) is 0 Å². The van der Waals surface area contributed by atoms with Crippen LogP contribution in [0, 0.1) is 5.00 Å². The van der Waals surface area contributed by atoms with E-state index in [-0.39, 0.29) is 14.6 Å². The van der Waals surface area contributed by atoms with Gasteiger partial charge in [0, 0.05) is 0 Å². The van der Waals surface area contributed by atoms with Gasteiger partial charge in [0.05, 0.1) is 0 Å². The van der Waals surface area contributed by atoms with Crippen LogP contribution in [-0.4, -0.2) is 11.5 Å². The number of hydrogen-bond acceptors (Lipinski definition) is 2. The summed E-state index contributed by atoms with van der Waals surface area (Å²) < 4.78 is 0. The molecule has 0 aromatic carbocycles. The summed E-state index contributed by atoms with van der Waals surface area (Å²) in [7, 11) is 0.0540. The molecule has 0 aromatic rings. The van der Waals surface area contributed by atoms with Crippen molar-refractivity contribution in [2.45, 2.75) is 0 Å². The molecule has 0 amide bonds. The molecule has 2 nitrogen and oxygen atoms in total. The van der Waals surface area contributed by atoms with Crippen LogP contribution in [0.1, 0.15) is 0 Å². The molecule has 0 bridgehead atoms. The van der Waals surface area contributed by atoms with Gasteiger partial charge in [0.2, 0.25) is 0 Å². The summed E-state index contributed by atoms with van der Waals surface area (Å²) in [5, 5.41) is 15.2. The molecule has 0 saturated heterocycles. The summed E-state index contributed by atoms with van der Waals surface area (Å²) in [6, 6.07) is 0. The first-order chi connectivity index (χ1) is 1.91. The van der Waals surface area contributed by atoms with Crippen molar-refractivity contribution in [2.24, 2.45) is 0 Å². The molecule has 0 radical (unpaired) electrons. The quantitative estimate of drug-likeness (QED) is 0.423. The summed E-state index contributed by atoms with van der Waals surface area (Å²) >= 11 is 0. The molecule has 0 spiro atoms. The molecule has 0 rings (SSSR count). The fraction of sp³-hybridized carbons (Fsp3) is 1.00. The van der Waals surface area contributed by atoms with Crippen LogP contribution < -0.4 is 0 Å². The summed E-state index contributed by atoms with van der Waals surface area (Å²) in [5.74, 6) is 0. The van der Waals surface area contributed by atoms with Gasteiger partial charge in [-0.15, -0.1) is 0 Å². The third-order valence-electron chi connectivity index (χ3n) is 0.0632. The van der Waals surface area contributed by atoms with E-state index in [9.17, 15) is 0 Å². The molecule has 0 atom stereocenters.